The van der Waals surface area contributed by atoms with Gasteiger partial charge < -0.3 is 0 Å². The molecule has 0 saturated carbocycles. The van der Waals surface area contributed by atoms with Crippen molar-refractivity contribution in [2.24, 2.45) is 0 Å². The van der Waals surface area contributed by atoms with Crippen LogP contribution >= 0.6 is 0 Å². The second-order valence-electron chi connectivity index (χ2n) is 2.86. The predicted molar refractivity (Wildman–Crippen MR) is 49.8 cm³/mol. The Bertz CT molecular complexity index is 228. The number of hydrogen-bond donors (Lipinski definition) is 0. The first-order valence-corrected chi connectivity index (χ1v) is 4.28. The molecule has 1 radical (unpaired) electrons. The molecule has 1 aromatic rings. The molecule has 0 bridgehead atoms. The highest BCUT2D eigenvalue weighted by Gasteiger charge is 2.07. The van der Waals surface area contributed by atoms with Crippen molar-refractivity contribution in [3.8, 4) is 0 Å². The molecule has 0 fully saturated rings. The highest BCUT2D eigenvalue weighted by Crippen LogP contribution is 2.21. The van der Waals surface area contributed by atoms with Crippen LogP contribution in [0.1, 0.15) is 31.2 Å². The van der Waals surface area contributed by atoms with Crippen molar-refractivity contribution < 1.29 is 4.79 Å². The largest absolute Gasteiger partial charge is 0.291 e. The van der Waals surface area contributed by atoms with Gasteiger partial charge >= 0.3 is 0 Å². The van der Waals surface area contributed by atoms with Crippen molar-refractivity contribution in [1.29, 1.82) is 0 Å². The maximum absolute atomic E-state index is 10.2. The molecule has 0 N–H and O–H groups in total. The van der Waals surface area contributed by atoms with Crippen molar-refractivity contribution >= 4 is 6.29 Å². The van der Waals surface area contributed by atoms with Crippen LogP contribution in [0.4, 0.5) is 0 Å². The van der Waals surface area contributed by atoms with Gasteiger partial charge in [-0.3, -0.25) is 4.79 Å². The molecule has 0 saturated heterocycles. The fourth-order valence-electron chi connectivity index (χ4n) is 1.32. The minimum Gasteiger partial charge on any atom is -0.291 e. The van der Waals surface area contributed by atoms with Crippen molar-refractivity contribution in [2.45, 2.75) is 25.7 Å². The van der Waals surface area contributed by atoms with Gasteiger partial charge in [0.1, 0.15) is 0 Å². The maximum Gasteiger partial charge on any atom is 0.199 e. The Kier molecular flexibility index (Phi) is 3.52. The summed E-state index contributed by atoms with van der Waals surface area (Å²) in [5, 5.41) is 0. The van der Waals surface area contributed by atoms with Gasteiger partial charge in [0.2, 0.25) is 0 Å². The van der Waals surface area contributed by atoms with Crippen LogP contribution in [0, 0.1) is 0 Å². The van der Waals surface area contributed by atoms with Gasteiger partial charge in [-0.15, -0.1) is 0 Å². The van der Waals surface area contributed by atoms with Crippen LogP contribution < -0.4 is 0 Å². The lowest BCUT2D eigenvalue weighted by molar-refractivity contribution is 0.538. The highest BCUT2D eigenvalue weighted by atomic mass is 16.1. The number of carbonyl (C=O) groups excluding carboxylic acids is 1. The Labute approximate surface area is 73.4 Å². The average molecular weight is 161 g/mol. The van der Waals surface area contributed by atoms with Crippen molar-refractivity contribution in [2.75, 3.05) is 0 Å². The first-order chi connectivity index (χ1) is 5.88. The molecule has 1 rings (SSSR count). The first-order valence-electron chi connectivity index (χ1n) is 4.28. The standard InChI is InChI=1S/C11H13O/c1-2-10(8-9-12)11-6-4-3-5-7-11/h3-7,10H,2,8H2,1H3. The van der Waals surface area contributed by atoms with Gasteiger partial charge in [-0.1, -0.05) is 37.3 Å². The summed E-state index contributed by atoms with van der Waals surface area (Å²) in [6, 6.07) is 10.1. The molecule has 0 aromatic heterocycles. The summed E-state index contributed by atoms with van der Waals surface area (Å²) >= 11 is 0. The molecule has 0 heterocycles. The normalized spacial score (nSPS) is 12.4. The molecule has 1 nitrogen and oxygen atoms in total. The Morgan fingerprint density at radius 1 is 1.33 bits per heavy atom. The number of benzene rings is 1. The van der Waals surface area contributed by atoms with Crippen LogP contribution in [0.15, 0.2) is 30.3 Å². The molecular formula is C11H13O. The molecule has 0 aliphatic heterocycles. The molecule has 1 aromatic carbocycles. The summed E-state index contributed by atoms with van der Waals surface area (Å²) in [5.41, 5.74) is 1.24. The number of rotatable bonds is 4. The van der Waals surface area contributed by atoms with Gasteiger partial charge in [0.05, 0.1) is 0 Å². The van der Waals surface area contributed by atoms with Crippen molar-refractivity contribution in [1.82, 2.24) is 0 Å². The molecule has 0 amide bonds. The van der Waals surface area contributed by atoms with Crippen LogP contribution in [0.3, 0.4) is 0 Å². The summed E-state index contributed by atoms with van der Waals surface area (Å²) in [7, 11) is 0. The Morgan fingerprint density at radius 3 is 2.50 bits per heavy atom. The van der Waals surface area contributed by atoms with E-state index in [2.05, 4.69) is 19.1 Å². The molecule has 12 heavy (non-hydrogen) atoms. The fraction of sp³-hybridized carbons (Fsp3) is 0.364. The van der Waals surface area contributed by atoms with Crippen molar-refractivity contribution in [3.63, 3.8) is 0 Å². The third kappa shape index (κ3) is 2.19. The van der Waals surface area contributed by atoms with Gasteiger partial charge in [0, 0.05) is 6.42 Å². The van der Waals surface area contributed by atoms with Crippen LogP contribution in [0.2, 0.25) is 0 Å². The quantitative estimate of drug-likeness (QED) is 0.663. The molecule has 63 valence electrons. The molecule has 1 unspecified atom stereocenters. The summed E-state index contributed by atoms with van der Waals surface area (Å²) in [6.45, 7) is 2.09. The average Bonchev–Trinajstić information content (AvgIpc) is 2.15. The smallest absolute Gasteiger partial charge is 0.199 e. The van der Waals surface area contributed by atoms with Crippen LogP contribution in [0.25, 0.3) is 0 Å². The van der Waals surface area contributed by atoms with Crippen LogP contribution in [-0.2, 0) is 4.79 Å². The van der Waals surface area contributed by atoms with E-state index in [1.807, 2.05) is 24.5 Å². The van der Waals surface area contributed by atoms with Crippen LogP contribution in [-0.4, -0.2) is 6.29 Å². The van der Waals surface area contributed by atoms with E-state index in [1.54, 1.807) is 0 Å². The van der Waals surface area contributed by atoms with E-state index in [-0.39, 0.29) is 0 Å². The SMILES string of the molecule is CCC(C[C]=O)c1ccccc1. The topological polar surface area (TPSA) is 17.1 Å². The summed E-state index contributed by atoms with van der Waals surface area (Å²) < 4.78 is 0. The number of hydrogen-bond acceptors (Lipinski definition) is 1. The minimum absolute atomic E-state index is 0.351. The molecular weight excluding hydrogens is 148 g/mol. The summed E-state index contributed by atoms with van der Waals surface area (Å²) in [4.78, 5) is 10.2. The summed E-state index contributed by atoms with van der Waals surface area (Å²) in [5.74, 6) is 0.351. The Hall–Kier alpha value is -1.11. The minimum atomic E-state index is 0.351. The van der Waals surface area contributed by atoms with Gasteiger partial charge in [0.25, 0.3) is 0 Å². The van der Waals surface area contributed by atoms with Gasteiger partial charge in [-0.25, -0.2) is 0 Å². The molecule has 1 atom stereocenters. The zero-order valence-electron chi connectivity index (χ0n) is 7.29. The monoisotopic (exact) mass is 161 g/mol. The second-order valence-corrected chi connectivity index (χ2v) is 2.86. The predicted octanol–water partition coefficient (Wildman–Crippen LogP) is 2.68. The lowest BCUT2D eigenvalue weighted by Gasteiger charge is -2.10. The summed E-state index contributed by atoms with van der Waals surface area (Å²) in [6.07, 6.45) is 3.48. The lowest BCUT2D eigenvalue weighted by Crippen LogP contribution is -1.97. The zero-order chi connectivity index (χ0) is 8.81. The molecule has 0 spiro atoms. The fourth-order valence-corrected chi connectivity index (χ4v) is 1.32. The molecule has 1 heteroatoms. The first kappa shape index (κ1) is 8.98. The maximum atomic E-state index is 10.2. The van der Waals surface area contributed by atoms with E-state index in [0.717, 1.165) is 6.42 Å². The van der Waals surface area contributed by atoms with E-state index in [9.17, 15) is 4.79 Å². The lowest BCUT2D eigenvalue weighted by atomic mass is 9.94. The van der Waals surface area contributed by atoms with Gasteiger partial charge in [-0.05, 0) is 17.9 Å². The van der Waals surface area contributed by atoms with Crippen molar-refractivity contribution in [3.05, 3.63) is 35.9 Å². The van der Waals surface area contributed by atoms with E-state index >= 15 is 0 Å². The van der Waals surface area contributed by atoms with E-state index < -0.39 is 0 Å². The molecule has 0 aliphatic carbocycles. The highest BCUT2D eigenvalue weighted by molar-refractivity contribution is 5.52. The van der Waals surface area contributed by atoms with Gasteiger partial charge in [0.15, 0.2) is 6.29 Å². The van der Waals surface area contributed by atoms with E-state index in [1.165, 1.54) is 5.56 Å². The van der Waals surface area contributed by atoms with Crippen LogP contribution in [0.5, 0.6) is 0 Å². The van der Waals surface area contributed by atoms with E-state index in [4.69, 9.17) is 0 Å². The molecule has 0 aliphatic rings. The zero-order valence-corrected chi connectivity index (χ0v) is 7.29. The van der Waals surface area contributed by atoms with Gasteiger partial charge in [-0.2, -0.15) is 0 Å². The third-order valence-electron chi connectivity index (χ3n) is 2.09. The Balaban J connectivity index is 2.72. The second kappa shape index (κ2) is 4.70. The Morgan fingerprint density at radius 2 is 2.00 bits per heavy atom. The van der Waals surface area contributed by atoms with E-state index in [0.29, 0.717) is 12.3 Å². The third-order valence-corrected chi connectivity index (χ3v) is 2.09.